The van der Waals surface area contributed by atoms with Crippen molar-refractivity contribution in [3.05, 3.63) is 58.7 Å². The summed E-state index contributed by atoms with van der Waals surface area (Å²) in [6, 6.07) is 11.3. The van der Waals surface area contributed by atoms with E-state index in [1.165, 1.54) is 0 Å². The van der Waals surface area contributed by atoms with Gasteiger partial charge in [0.25, 0.3) is 5.91 Å². The van der Waals surface area contributed by atoms with Crippen molar-refractivity contribution in [2.24, 2.45) is 0 Å². The van der Waals surface area contributed by atoms with E-state index in [0.29, 0.717) is 17.9 Å². The van der Waals surface area contributed by atoms with Crippen LogP contribution in [0.25, 0.3) is 0 Å². The first-order valence-corrected chi connectivity index (χ1v) is 6.86. The Hall–Kier alpha value is -2.49. The van der Waals surface area contributed by atoms with Crippen molar-refractivity contribution in [3.8, 4) is 5.75 Å². The first-order valence-electron chi connectivity index (χ1n) is 6.86. The highest BCUT2D eigenvalue weighted by molar-refractivity contribution is 5.94. The first kappa shape index (κ1) is 14.9. The van der Waals surface area contributed by atoms with Crippen LogP contribution in [0.4, 0.5) is 5.69 Å². The molecule has 4 heteroatoms. The van der Waals surface area contributed by atoms with E-state index in [1.807, 2.05) is 38.1 Å². The Kier molecular flexibility index (Phi) is 4.48. The summed E-state index contributed by atoms with van der Waals surface area (Å²) in [6.45, 7) is 4.45. The minimum Gasteiger partial charge on any atom is -0.507 e. The fraction of sp³-hybridized carbons (Fsp3) is 0.235. The molecule has 0 radical (unpaired) electrons. The lowest BCUT2D eigenvalue weighted by atomic mass is 10.1. The molecule has 1 amide bonds. The molecule has 4 nitrogen and oxygen atoms in total. The number of benzene rings is 2. The quantitative estimate of drug-likeness (QED) is 0.809. The Morgan fingerprint density at radius 1 is 1.10 bits per heavy atom. The van der Waals surface area contributed by atoms with E-state index >= 15 is 0 Å². The molecule has 0 atom stereocenters. The largest absolute Gasteiger partial charge is 0.507 e. The van der Waals surface area contributed by atoms with Gasteiger partial charge in [0.05, 0.1) is 0 Å². The van der Waals surface area contributed by atoms with Gasteiger partial charge in [-0.2, -0.15) is 0 Å². The maximum Gasteiger partial charge on any atom is 0.251 e. The lowest BCUT2D eigenvalue weighted by Gasteiger charge is -2.10. The molecular weight excluding hydrogens is 264 g/mol. The van der Waals surface area contributed by atoms with Gasteiger partial charge < -0.3 is 15.7 Å². The molecule has 3 N–H and O–H groups in total. The SMILES string of the molecule is CNC(=O)c1ccc(NCc2cc(C)c(O)c(C)c2)cc1. The Morgan fingerprint density at radius 3 is 2.19 bits per heavy atom. The molecular formula is C17H20N2O2. The molecule has 2 aromatic rings. The minimum atomic E-state index is -0.0914. The third kappa shape index (κ3) is 3.54. The average molecular weight is 284 g/mol. The summed E-state index contributed by atoms with van der Waals surface area (Å²) >= 11 is 0. The number of phenols is 1. The van der Waals surface area contributed by atoms with Crippen LogP contribution in [-0.4, -0.2) is 18.1 Å². The van der Waals surface area contributed by atoms with Crippen LogP contribution in [0.5, 0.6) is 5.75 Å². The van der Waals surface area contributed by atoms with Gasteiger partial charge in [-0.05, 0) is 54.8 Å². The van der Waals surface area contributed by atoms with Gasteiger partial charge in [0, 0.05) is 24.8 Å². The molecule has 0 saturated heterocycles. The van der Waals surface area contributed by atoms with Gasteiger partial charge in [-0.3, -0.25) is 4.79 Å². The molecule has 0 spiro atoms. The normalized spacial score (nSPS) is 10.2. The number of amides is 1. The van der Waals surface area contributed by atoms with Gasteiger partial charge in [0.1, 0.15) is 5.75 Å². The van der Waals surface area contributed by atoms with E-state index in [4.69, 9.17) is 0 Å². The molecule has 0 aliphatic heterocycles. The summed E-state index contributed by atoms with van der Waals surface area (Å²) in [6.07, 6.45) is 0. The number of phenolic OH excluding ortho intramolecular Hbond substituents is 1. The number of hydrogen-bond donors (Lipinski definition) is 3. The number of aryl methyl sites for hydroxylation is 2. The van der Waals surface area contributed by atoms with Crippen molar-refractivity contribution in [3.63, 3.8) is 0 Å². The van der Waals surface area contributed by atoms with Crippen molar-refractivity contribution in [2.75, 3.05) is 12.4 Å². The number of hydrogen-bond acceptors (Lipinski definition) is 3. The predicted octanol–water partition coefficient (Wildman–Crippen LogP) is 2.98. The molecule has 21 heavy (non-hydrogen) atoms. The van der Waals surface area contributed by atoms with Crippen LogP contribution in [0, 0.1) is 13.8 Å². The zero-order valence-electron chi connectivity index (χ0n) is 12.5. The molecule has 0 unspecified atom stereocenters. The molecule has 2 aromatic carbocycles. The maximum atomic E-state index is 11.5. The zero-order valence-corrected chi connectivity index (χ0v) is 12.5. The molecule has 0 heterocycles. The van der Waals surface area contributed by atoms with Crippen molar-refractivity contribution in [1.82, 2.24) is 5.32 Å². The van der Waals surface area contributed by atoms with Crippen LogP contribution in [0.2, 0.25) is 0 Å². The van der Waals surface area contributed by atoms with Crippen molar-refractivity contribution in [2.45, 2.75) is 20.4 Å². The molecule has 0 saturated carbocycles. The van der Waals surface area contributed by atoms with Crippen LogP contribution in [0.3, 0.4) is 0 Å². The van der Waals surface area contributed by atoms with Crippen molar-refractivity contribution < 1.29 is 9.90 Å². The lowest BCUT2D eigenvalue weighted by molar-refractivity contribution is 0.0963. The smallest absolute Gasteiger partial charge is 0.251 e. The van der Waals surface area contributed by atoms with Crippen LogP contribution in [0.1, 0.15) is 27.0 Å². The Bertz CT molecular complexity index is 625. The van der Waals surface area contributed by atoms with Crippen LogP contribution >= 0.6 is 0 Å². The Morgan fingerprint density at radius 2 is 1.67 bits per heavy atom. The van der Waals surface area contributed by atoms with Gasteiger partial charge in [0.15, 0.2) is 0 Å². The zero-order chi connectivity index (χ0) is 15.4. The van der Waals surface area contributed by atoms with Crippen molar-refractivity contribution >= 4 is 11.6 Å². The Balaban J connectivity index is 2.05. The minimum absolute atomic E-state index is 0.0914. The van der Waals surface area contributed by atoms with Gasteiger partial charge in [-0.15, -0.1) is 0 Å². The van der Waals surface area contributed by atoms with E-state index in [2.05, 4.69) is 10.6 Å². The number of anilines is 1. The molecule has 0 aromatic heterocycles. The van der Waals surface area contributed by atoms with Crippen LogP contribution < -0.4 is 10.6 Å². The van der Waals surface area contributed by atoms with E-state index in [0.717, 1.165) is 22.4 Å². The Labute approximate surface area is 124 Å². The average Bonchev–Trinajstić information content (AvgIpc) is 2.50. The second-order valence-corrected chi connectivity index (χ2v) is 5.09. The first-order chi connectivity index (χ1) is 10.0. The van der Waals surface area contributed by atoms with E-state index in [1.54, 1.807) is 19.2 Å². The fourth-order valence-electron chi connectivity index (χ4n) is 2.24. The van der Waals surface area contributed by atoms with Crippen LogP contribution in [0.15, 0.2) is 36.4 Å². The number of aromatic hydroxyl groups is 1. The van der Waals surface area contributed by atoms with E-state index in [9.17, 15) is 9.90 Å². The summed E-state index contributed by atoms with van der Waals surface area (Å²) in [5, 5.41) is 15.7. The van der Waals surface area contributed by atoms with Gasteiger partial charge >= 0.3 is 0 Å². The van der Waals surface area contributed by atoms with Gasteiger partial charge in [0.2, 0.25) is 0 Å². The number of rotatable bonds is 4. The predicted molar refractivity (Wildman–Crippen MR) is 84.7 cm³/mol. The molecule has 110 valence electrons. The summed E-state index contributed by atoms with van der Waals surface area (Å²) in [4.78, 5) is 11.5. The maximum absolute atomic E-state index is 11.5. The standard InChI is InChI=1S/C17H20N2O2/c1-11-8-13(9-12(2)16(11)20)10-19-15-6-4-14(5-7-15)17(21)18-3/h4-9,19-20H,10H2,1-3H3,(H,18,21). The molecule has 0 aliphatic carbocycles. The highest BCUT2D eigenvalue weighted by atomic mass is 16.3. The highest BCUT2D eigenvalue weighted by Gasteiger charge is 2.04. The lowest BCUT2D eigenvalue weighted by Crippen LogP contribution is -2.17. The van der Waals surface area contributed by atoms with Gasteiger partial charge in [-0.1, -0.05) is 12.1 Å². The van der Waals surface area contributed by atoms with Crippen molar-refractivity contribution in [1.29, 1.82) is 0 Å². The molecule has 0 fully saturated rings. The third-order valence-corrected chi connectivity index (χ3v) is 3.42. The summed E-state index contributed by atoms with van der Waals surface area (Å²) < 4.78 is 0. The topological polar surface area (TPSA) is 61.4 Å². The summed E-state index contributed by atoms with van der Waals surface area (Å²) in [5.41, 5.74) is 4.45. The number of carbonyl (C=O) groups excluding carboxylic acids is 1. The second kappa shape index (κ2) is 6.31. The second-order valence-electron chi connectivity index (χ2n) is 5.09. The molecule has 0 aliphatic rings. The van der Waals surface area contributed by atoms with E-state index in [-0.39, 0.29) is 5.91 Å². The third-order valence-electron chi connectivity index (χ3n) is 3.42. The van der Waals surface area contributed by atoms with Crippen LogP contribution in [-0.2, 0) is 6.54 Å². The monoisotopic (exact) mass is 284 g/mol. The number of nitrogens with one attached hydrogen (secondary N) is 2. The highest BCUT2D eigenvalue weighted by Crippen LogP contribution is 2.23. The molecule has 0 bridgehead atoms. The summed E-state index contributed by atoms with van der Waals surface area (Å²) in [5.74, 6) is 0.264. The number of carbonyl (C=O) groups is 1. The summed E-state index contributed by atoms with van der Waals surface area (Å²) in [7, 11) is 1.62. The fourth-order valence-corrected chi connectivity index (χ4v) is 2.24. The van der Waals surface area contributed by atoms with Gasteiger partial charge in [-0.25, -0.2) is 0 Å². The van der Waals surface area contributed by atoms with E-state index < -0.39 is 0 Å². The molecule has 2 rings (SSSR count).